The second-order valence-corrected chi connectivity index (χ2v) is 4.69. The molecule has 8 heteroatoms. The fourth-order valence-electron chi connectivity index (χ4n) is 2.24. The zero-order chi connectivity index (χ0) is 14.9. The third-order valence-electron chi connectivity index (χ3n) is 3.23. The van der Waals surface area contributed by atoms with Gasteiger partial charge in [0, 0.05) is 13.1 Å². The van der Waals surface area contributed by atoms with E-state index in [1.165, 1.54) is 4.90 Å². The maximum atomic E-state index is 13.4. The summed E-state index contributed by atoms with van der Waals surface area (Å²) in [6, 6.07) is 1.56. The number of likely N-dealkylation sites (tertiary alicyclic amines) is 1. The van der Waals surface area contributed by atoms with E-state index in [4.69, 9.17) is 5.73 Å². The highest BCUT2D eigenvalue weighted by Crippen LogP contribution is 2.28. The molecule has 1 heterocycles. The number of nitrogens with two attached hydrogens (primary N) is 1. The Labute approximate surface area is 113 Å². The lowest BCUT2D eigenvalue weighted by molar-refractivity contribution is -0.384. The number of hydrogen-bond acceptors (Lipinski definition) is 5. The fourth-order valence-corrected chi connectivity index (χ4v) is 2.24. The van der Waals surface area contributed by atoms with Gasteiger partial charge in [0.05, 0.1) is 22.7 Å². The molecule has 108 valence electrons. The smallest absolute Gasteiger partial charge is 0.295 e. The van der Waals surface area contributed by atoms with Crippen LogP contribution >= 0.6 is 0 Å². The van der Waals surface area contributed by atoms with Gasteiger partial charge in [0.1, 0.15) is 11.5 Å². The monoisotopic (exact) mass is 283 g/mol. The molecule has 0 bridgehead atoms. The van der Waals surface area contributed by atoms with Crippen LogP contribution in [0.4, 0.5) is 15.8 Å². The highest BCUT2D eigenvalue weighted by molar-refractivity contribution is 6.01. The Hall–Kier alpha value is -2.22. The van der Waals surface area contributed by atoms with Gasteiger partial charge in [-0.05, 0) is 18.9 Å². The Kier molecular flexibility index (Phi) is 3.84. The number of amides is 1. The summed E-state index contributed by atoms with van der Waals surface area (Å²) in [7, 11) is 0. The molecule has 1 amide bonds. The minimum atomic E-state index is -0.896. The summed E-state index contributed by atoms with van der Waals surface area (Å²) in [6.45, 7) is 0.516. The molecule has 1 saturated heterocycles. The van der Waals surface area contributed by atoms with Crippen molar-refractivity contribution in [2.24, 2.45) is 0 Å². The standard InChI is InChI=1S/C12H14FN3O4/c13-7-4-9(11(14)10(5-7)16(19)20)12(18)15-3-1-2-8(17)6-15/h4-5,8,17H,1-3,6,14H2. The van der Waals surface area contributed by atoms with Crippen molar-refractivity contribution >= 4 is 17.3 Å². The molecule has 7 nitrogen and oxygen atoms in total. The van der Waals surface area contributed by atoms with Crippen LogP contribution in [0, 0.1) is 15.9 Å². The number of carbonyl (C=O) groups is 1. The van der Waals surface area contributed by atoms with Gasteiger partial charge >= 0.3 is 0 Å². The van der Waals surface area contributed by atoms with Crippen LogP contribution in [0.1, 0.15) is 23.2 Å². The molecule has 3 N–H and O–H groups in total. The van der Waals surface area contributed by atoms with E-state index < -0.39 is 28.4 Å². The molecule has 0 aliphatic carbocycles. The van der Waals surface area contributed by atoms with Gasteiger partial charge in [-0.1, -0.05) is 0 Å². The first-order chi connectivity index (χ1) is 9.40. The summed E-state index contributed by atoms with van der Waals surface area (Å²) < 4.78 is 13.4. The predicted molar refractivity (Wildman–Crippen MR) is 68.6 cm³/mol. The van der Waals surface area contributed by atoms with Crippen molar-refractivity contribution in [1.29, 1.82) is 0 Å². The molecule has 1 aliphatic heterocycles. The maximum Gasteiger partial charge on any atom is 0.295 e. The summed E-state index contributed by atoms with van der Waals surface area (Å²) in [5.41, 5.74) is 4.34. The quantitative estimate of drug-likeness (QED) is 0.476. The number of nitro benzene ring substituents is 1. The normalized spacial score (nSPS) is 18.9. The number of anilines is 1. The maximum absolute atomic E-state index is 13.4. The number of halogens is 1. The molecule has 0 radical (unpaired) electrons. The summed E-state index contributed by atoms with van der Waals surface area (Å²) in [6.07, 6.45) is 0.560. The number of aliphatic hydroxyl groups is 1. The topological polar surface area (TPSA) is 110 Å². The van der Waals surface area contributed by atoms with Crippen molar-refractivity contribution in [3.05, 3.63) is 33.6 Å². The molecular formula is C12H14FN3O4. The van der Waals surface area contributed by atoms with Gasteiger partial charge in [-0.3, -0.25) is 14.9 Å². The number of aliphatic hydroxyl groups excluding tert-OH is 1. The zero-order valence-electron chi connectivity index (χ0n) is 10.6. The molecule has 1 aromatic rings. The van der Waals surface area contributed by atoms with Crippen molar-refractivity contribution in [1.82, 2.24) is 4.90 Å². The Morgan fingerprint density at radius 1 is 1.55 bits per heavy atom. The van der Waals surface area contributed by atoms with Gasteiger partial charge in [-0.2, -0.15) is 0 Å². The number of nitro groups is 1. The van der Waals surface area contributed by atoms with Crippen molar-refractivity contribution in [3.8, 4) is 0 Å². The summed E-state index contributed by atoms with van der Waals surface area (Å²) >= 11 is 0. The molecule has 1 fully saturated rings. The fraction of sp³-hybridized carbons (Fsp3) is 0.417. The summed E-state index contributed by atoms with van der Waals surface area (Å²) in [4.78, 5) is 23.5. The second-order valence-electron chi connectivity index (χ2n) is 4.69. The largest absolute Gasteiger partial charge is 0.393 e. The molecule has 0 aromatic heterocycles. The van der Waals surface area contributed by atoms with E-state index in [1.54, 1.807) is 0 Å². The Bertz CT molecular complexity index is 564. The molecule has 2 rings (SSSR count). The van der Waals surface area contributed by atoms with E-state index in [9.17, 15) is 24.4 Å². The number of nitrogens with zero attached hydrogens (tertiary/aromatic N) is 2. The Balaban J connectivity index is 2.36. The highest BCUT2D eigenvalue weighted by atomic mass is 19.1. The molecule has 20 heavy (non-hydrogen) atoms. The van der Waals surface area contributed by atoms with Crippen LogP contribution < -0.4 is 5.73 Å². The van der Waals surface area contributed by atoms with E-state index in [1.807, 2.05) is 0 Å². The Morgan fingerprint density at radius 2 is 2.25 bits per heavy atom. The van der Waals surface area contributed by atoms with E-state index in [0.29, 0.717) is 25.5 Å². The van der Waals surface area contributed by atoms with Gasteiger partial charge in [0.2, 0.25) is 0 Å². The van der Waals surface area contributed by atoms with Crippen LogP contribution in [0.15, 0.2) is 12.1 Å². The van der Waals surface area contributed by atoms with Crippen molar-refractivity contribution in [3.63, 3.8) is 0 Å². The first kappa shape index (κ1) is 14.2. The molecule has 0 saturated carbocycles. The molecule has 1 aromatic carbocycles. The number of piperidine rings is 1. The molecule has 1 atom stereocenters. The number of hydrogen-bond donors (Lipinski definition) is 2. The zero-order valence-corrected chi connectivity index (χ0v) is 10.6. The SMILES string of the molecule is Nc1c(C(=O)N2CCCC(O)C2)cc(F)cc1[N+](=O)[O-]. The van der Waals surface area contributed by atoms with Crippen molar-refractivity contribution in [2.45, 2.75) is 18.9 Å². The Morgan fingerprint density at radius 3 is 2.85 bits per heavy atom. The van der Waals surface area contributed by atoms with E-state index in [0.717, 1.165) is 6.07 Å². The summed E-state index contributed by atoms with van der Waals surface area (Å²) in [5, 5.41) is 20.3. The van der Waals surface area contributed by atoms with Crippen LogP contribution in [0.3, 0.4) is 0 Å². The third kappa shape index (κ3) is 2.69. The van der Waals surface area contributed by atoms with Gasteiger partial charge in [-0.25, -0.2) is 4.39 Å². The first-order valence-electron chi connectivity index (χ1n) is 6.11. The van der Waals surface area contributed by atoms with Crippen LogP contribution in [0.5, 0.6) is 0 Å². The first-order valence-corrected chi connectivity index (χ1v) is 6.11. The van der Waals surface area contributed by atoms with Gasteiger partial charge in [0.15, 0.2) is 0 Å². The number of benzene rings is 1. The number of carbonyl (C=O) groups excluding carboxylic acids is 1. The average Bonchev–Trinajstić information content (AvgIpc) is 2.40. The van der Waals surface area contributed by atoms with Crippen molar-refractivity contribution in [2.75, 3.05) is 18.8 Å². The number of nitrogen functional groups attached to an aromatic ring is 1. The minimum Gasteiger partial charge on any atom is -0.393 e. The van der Waals surface area contributed by atoms with Gasteiger partial charge in [-0.15, -0.1) is 0 Å². The lowest BCUT2D eigenvalue weighted by Gasteiger charge is -2.30. The van der Waals surface area contributed by atoms with Gasteiger partial charge in [0.25, 0.3) is 11.6 Å². The molecule has 1 unspecified atom stereocenters. The number of β-amino-alcohol motifs (C(OH)–C–C–N with tert-alkyl or cyclic N) is 1. The van der Waals surface area contributed by atoms with Crippen molar-refractivity contribution < 1.29 is 19.2 Å². The lowest BCUT2D eigenvalue weighted by Crippen LogP contribution is -2.42. The van der Waals surface area contributed by atoms with Gasteiger partial charge < -0.3 is 15.7 Å². The van der Waals surface area contributed by atoms with Crippen LogP contribution in [0.2, 0.25) is 0 Å². The molecule has 0 spiro atoms. The summed E-state index contributed by atoms with van der Waals surface area (Å²) in [5.74, 6) is -1.50. The number of rotatable bonds is 2. The highest BCUT2D eigenvalue weighted by Gasteiger charge is 2.28. The second kappa shape index (κ2) is 5.41. The molecule has 1 aliphatic rings. The predicted octanol–water partition coefficient (Wildman–Crippen LogP) is 0.913. The third-order valence-corrected chi connectivity index (χ3v) is 3.23. The van der Waals surface area contributed by atoms with Crippen LogP contribution in [-0.2, 0) is 0 Å². The van der Waals surface area contributed by atoms with Crippen LogP contribution in [0.25, 0.3) is 0 Å². The average molecular weight is 283 g/mol. The van der Waals surface area contributed by atoms with E-state index in [-0.39, 0.29) is 17.8 Å². The molecular weight excluding hydrogens is 269 g/mol. The minimum absolute atomic E-state index is 0.114. The van der Waals surface area contributed by atoms with E-state index >= 15 is 0 Å². The van der Waals surface area contributed by atoms with Crippen LogP contribution in [-0.4, -0.2) is 40.0 Å². The van der Waals surface area contributed by atoms with E-state index in [2.05, 4.69) is 0 Å². The lowest BCUT2D eigenvalue weighted by atomic mass is 10.1.